The summed E-state index contributed by atoms with van der Waals surface area (Å²) in [5.41, 5.74) is 4.87. The van der Waals surface area contributed by atoms with Crippen molar-refractivity contribution < 1.29 is 29.3 Å². The van der Waals surface area contributed by atoms with E-state index in [9.17, 15) is 19.5 Å². The van der Waals surface area contributed by atoms with Crippen LogP contribution < -0.4 is 10.6 Å². The van der Waals surface area contributed by atoms with Crippen molar-refractivity contribution in [3.63, 3.8) is 0 Å². The predicted octanol–water partition coefficient (Wildman–Crippen LogP) is 1.81. The van der Waals surface area contributed by atoms with E-state index in [2.05, 4.69) is 20.6 Å². The number of aromatic amines is 1. The number of amides is 2. The third kappa shape index (κ3) is 5.49. The van der Waals surface area contributed by atoms with E-state index in [0.29, 0.717) is 5.69 Å². The molecule has 4 rings (SSSR count). The van der Waals surface area contributed by atoms with Crippen molar-refractivity contribution in [1.29, 1.82) is 0 Å². The number of fused-ring (bicyclic) bond motifs is 3. The Morgan fingerprint density at radius 3 is 2.23 bits per heavy atom. The maximum absolute atomic E-state index is 12.8. The molecule has 0 spiro atoms. The number of carbonyl (C=O) groups excluding carboxylic acids is 2. The van der Waals surface area contributed by atoms with Gasteiger partial charge in [0, 0.05) is 37.3 Å². The lowest BCUT2D eigenvalue weighted by Crippen LogP contribution is -2.52. The van der Waals surface area contributed by atoms with E-state index in [1.807, 2.05) is 48.5 Å². The third-order valence-electron chi connectivity index (χ3n) is 5.96. The first kappa shape index (κ1) is 24.0. The molecule has 10 heteroatoms. The number of rotatable bonds is 10. The first-order valence-corrected chi connectivity index (χ1v) is 11.2. The van der Waals surface area contributed by atoms with Crippen LogP contribution in [-0.4, -0.2) is 63.4 Å². The lowest BCUT2D eigenvalue weighted by molar-refractivity contribution is -0.142. The van der Waals surface area contributed by atoms with E-state index in [-0.39, 0.29) is 25.4 Å². The summed E-state index contributed by atoms with van der Waals surface area (Å²) in [4.78, 5) is 43.7. The molecule has 35 heavy (non-hydrogen) atoms. The Hall–Kier alpha value is -4.18. The van der Waals surface area contributed by atoms with Crippen LogP contribution in [0.4, 0.5) is 4.79 Å². The number of aromatic nitrogens is 2. The molecule has 0 saturated heterocycles. The second kappa shape index (κ2) is 10.8. The van der Waals surface area contributed by atoms with Gasteiger partial charge in [-0.3, -0.25) is 4.79 Å². The summed E-state index contributed by atoms with van der Waals surface area (Å²) < 4.78 is 5.53. The zero-order valence-electron chi connectivity index (χ0n) is 18.8. The summed E-state index contributed by atoms with van der Waals surface area (Å²) >= 11 is 0. The fraction of sp³-hybridized carbons (Fsp3) is 0.280. The molecule has 3 aromatic rings. The summed E-state index contributed by atoms with van der Waals surface area (Å²) in [5, 5.41) is 23.3. The van der Waals surface area contributed by atoms with Crippen molar-refractivity contribution in [2.24, 2.45) is 0 Å². The molecule has 0 bridgehead atoms. The van der Waals surface area contributed by atoms with Gasteiger partial charge in [-0.25, -0.2) is 14.6 Å². The Labute approximate surface area is 201 Å². The minimum Gasteiger partial charge on any atom is -0.480 e. The van der Waals surface area contributed by atoms with Crippen LogP contribution in [0, 0.1) is 0 Å². The number of nitrogens with one attached hydrogen (secondary N) is 3. The maximum atomic E-state index is 12.8. The summed E-state index contributed by atoms with van der Waals surface area (Å²) in [6.45, 7) is -0.344. The van der Waals surface area contributed by atoms with Gasteiger partial charge in [-0.1, -0.05) is 48.5 Å². The Bertz CT molecular complexity index is 1150. The number of aliphatic hydroxyl groups excluding tert-OH is 1. The van der Waals surface area contributed by atoms with Crippen LogP contribution in [0.5, 0.6) is 0 Å². The van der Waals surface area contributed by atoms with Crippen molar-refractivity contribution in [2.45, 2.75) is 30.8 Å². The van der Waals surface area contributed by atoms with Crippen LogP contribution in [0.2, 0.25) is 0 Å². The topological polar surface area (TPSA) is 154 Å². The maximum Gasteiger partial charge on any atom is 0.407 e. The van der Waals surface area contributed by atoms with Crippen molar-refractivity contribution in [1.82, 2.24) is 20.6 Å². The standard InChI is InChI=1S/C25H26N4O6/c30-10-9-21(24(32)33)28-23(31)22(11-15-12-26-14-27-15)29-25(34)35-13-20-18-7-3-1-5-16(18)17-6-2-4-8-19(17)20/h1-8,12,14,20-22,30H,9-11,13H2,(H,26,27)(H,28,31)(H,29,34)(H,32,33)/t21-,22+/m1/s1. The van der Waals surface area contributed by atoms with Gasteiger partial charge in [0.05, 0.1) is 6.33 Å². The molecule has 5 N–H and O–H groups in total. The fourth-order valence-electron chi connectivity index (χ4n) is 4.27. The fourth-order valence-corrected chi connectivity index (χ4v) is 4.27. The van der Waals surface area contributed by atoms with Gasteiger partial charge in [0.2, 0.25) is 5.91 Å². The number of hydrogen-bond acceptors (Lipinski definition) is 6. The Morgan fingerprint density at radius 1 is 1.00 bits per heavy atom. The molecule has 182 valence electrons. The highest BCUT2D eigenvalue weighted by molar-refractivity contribution is 5.89. The molecule has 0 aliphatic heterocycles. The van der Waals surface area contributed by atoms with Gasteiger partial charge in [0.15, 0.2) is 0 Å². The summed E-state index contributed by atoms with van der Waals surface area (Å²) in [5.74, 6) is -2.14. The number of aliphatic hydroxyl groups is 1. The highest BCUT2D eigenvalue weighted by Crippen LogP contribution is 2.44. The number of H-pyrrole nitrogens is 1. The van der Waals surface area contributed by atoms with Crippen LogP contribution in [0.25, 0.3) is 11.1 Å². The number of alkyl carbamates (subject to hydrolysis) is 1. The molecule has 0 saturated carbocycles. The molecule has 0 fully saturated rings. The molecular formula is C25H26N4O6. The number of nitrogens with zero attached hydrogens (tertiary/aromatic N) is 1. The van der Waals surface area contributed by atoms with E-state index in [0.717, 1.165) is 22.3 Å². The second-order valence-corrected chi connectivity index (χ2v) is 8.22. The third-order valence-corrected chi connectivity index (χ3v) is 5.96. The molecular weight excluding hydrogens is 452 g/mol. The number of benzene rings is 2. The summed E-state index contributed by atoms with van der Waals surface area (Å²) in [6, 6.07) is 13.5. The van der Waals surface area contributed by atoms with E-state index >= 15 is 0 Å². The van der Waals surface area contributed by atoms with Crippen LogP contribution in [0.1, 0.15) is 29.2 Å². The predicted molar refractivity (Wildman–Crippen MR) is 126 cm³/mol. The van der Waals surface area contributed by atoms with Gasteiger partial charge >= 0.3 is 12.1 Å². The largest absolute Gasteiger partial charge is 0.480 e. The highest BCUT2D eigenvalue weighted by atomic mass is 16.5. The zero-order valence-corrected chi connectivity index (χ0v) is 18.8. The van der Waals surface area contributed by atoms with Gasteiger partial charge in [-0.05, 0) is 22.3 Å². The summed E-state index contributed by atoms with van der Waals surface area (Å²) in [7, 11) is 0. The van der Waals surface area contributed by atoms with Gasteiger partial charge in [-0.15, -0.1) is 0 Å². The van der Waals surface area contributed by atoms with Gasteiger partial charge in [-0.2, -0.15) is 0 Å². The van der Waals surface area contributed by atoms with Crippen molar-refractivity contribution in [2.75, 3.05) is 13.2 Å². The highest BCUT2D eigenvalue weighted by Gasteiger charge is 2.31. The molecule has 2 amide bonds. The minimum atomic E-state index is -1.29. The Morgan fingerprint density at radius 2 is 1.66 bits per heavy atom. The van der Waals surface area contributed by atoms with E-state index < -0.39 is 36.7 Å². The normalized spacial score (nSPS) is 13.9. The van der Waals surface area contributed by atoms with Crippen LogP contribution >= 0.6 is 0 Å². The van der Waals surface area contributed by atoms with E-state index in [1.165, 1.54) is 12.5 Å². The van der Waals surface area contributed by atoms with Crippen LogP contribution in [-0.2, 0) is 20.7 Å². The quantitative estimate of drug-likeness (QED) is 0.298. The van der Waals surface area contributed by atoms with E-state index in [1.54, 1.807) is 0 Å². The van der Waals surface area contributed by atoms with Crippen molar-refractivity contribution in [3.05, 3.63) is 77.9 Å². The second-order valence-electron chi connectivity index (χ2n) is 8.22. The Kier molecular flexibility index (Phi) is 7.41. The molecule has 1 heterocycles. The number of hydrogen-bond donors (Lipinski definition) is 5. The Balaban J connectivity index is 1.44. The first-order valence-electron chi connectivity index (χ1n) is 11.2. The zero-order chi connectivity index (χ0) is 24.8. The number of carboxylic acid groups (broad SMARTS) is 1. The lowest BCUT2D eigenvalue weighted by atomic mass is 9.98. The van der Waals surface area contributed by atoms with Gasteiger partial charge in [0.25, 0.3) is 0 Å². The van der Waals surface area contributed by atoms with Crippen LogP contribution in [0.3, 0.4) is 0 Å². The SMILES string of the molecule is O=C(N[C@@H](Cc1cnc[nH]1)C(=O)N[C@H](CCO)C(=O)O)OCC1c2ccccc2-c2ccccc21. The number of imidazole rings is 1. The minimum absolute atomic E-state index is 0.0431. The van der Waals surface area contributed by atoms with E-state index in [4.69, 9.17) is 9.84 Å². The molecule has 0 unspecified atom stereocenters. The molecule has 2 atom stereocenters. The average Bonchev–Trinajstić information content (AvgIpc) is 3.48. The molecule has 1 aliphatic rings. The van der Waals surface area contributed by atoms with Gasteiger partial charge in [0.1, 0.15) is 18.7 Å². The number of ether oxygens (including phenoxy) is 1. The number of carboxylic acids is 1. The van der Waals surface area contributed by atoms with Crippen LogP contribution in [0.15, 0.2) is 61.1 Å². The monoisotopic (exact) mass is 478 g/mol. The smallest absolute Gasteiger partial charge is 0.407 e. The van der Waals surface area contributed by atoms with Crippen molar-refractivity contribution >= 4 is 18.0 Å². The number of carbonyl (C=O) groups is 3. The molecule has 2 aromatic carbocycles. The average molecular weight is 479 g/mol. The van der Waals surface area contributed by atoms with Gasteiger partial charge < -0.3 is 30.6 Å². The van der Waals surface area contributed by atoms with Crippen molar-refractivity contribution in [3.8, 4) is 11.1 Å². The molecule has 10 nitrogen and oxygen atoms in total. The number of aliphatic carboxylic acids is 1. The molecule has 1 aromatic heterocycles. The molecule has 0 radical (unpaired) electrons. The lowest BCUT2D eigenvalue weighted by Gasteiger charge is -2.21. The summed E-state index contributed by atoms with van der Waals surface area (Å²) in [6.07, 6.45) is 2.01. The first-order chi connectivity index (χ1) is 17.0. The molecule has 1 aliphatic carbocycles.